The highest BCUT2D eigenvalue weighted by atomic mass is 16.3. The summed E-state index contributed by atoms with van der Waals surface area (Å²) in [6.07, 6.45) is 2.99. The number of aromatic nitrogens is 1. The van der Waals surface area contributed by atoms with Crippen molar-refractivity contribution in [2.45, 2.75) is 26.8 Å². The number of amides is 1. The molecule has 1 amide bonds. The fraction of sp³-hybridized carbons (Fsp3) is 0.455. The minimum atomic E-state index is -0.139. The molecule has 0 saturated carbocycles. The van der Waals surface area contributed by atoms with E-state index in [0.717, 1.165) is 5.56 Å². The van der Waals surface area contributed by atoms with Gasteiger partial charge in [-0.05, 0) is 18.6 Å². The van der Waals surface area contributed by atoms with Crippen LogP contribution in [0.25, 0.3) is 0 Å². The van der Waals surface area contributed by atoms with E-state index in [2.05, 4.69) is 10.3 Å². The second-order valence-corrected chi connectivity index (χ2v) is 3.86. The fourth-order valence-electron chi connectivity index (χ4n) is 1.15. The van der Waals surface area contributed by atoms with Gasteiger partial charge >= 0.3 is 0 Å². The van der Waals surface area contributed by atoms with Gasteiger partial charge in [-0.1, -0.05) is 13.8 Å². The first-order valence-corrected chi connectivity index (χ1v) is 4.95. The Balaban J connectivity index is 2.69. The van der Waals surface area contributed by atoms with Crippen molar-refractivity contribution in [3.63, 3.8) is 0 Å². The number of nitrogens with one attached hydrogen (secondary N) is 1. The Labute approximate surface area is 89.3 Å². The molecule has 2 N–H and O–H groups in total. The summed E-state index contributed by atoms with van der Waals surface area (Å²) in [6.45, 7) is 5.53. The van der Waals surface area contributed by atoms with Gasteiger partial charge in [0.2, 0.25) is 5.91 Å². The molecule has 0 aliphatic rings. The first-order chi connectivity index (χ1) is 7.00. The van der Waals surface area contributed by atoms with Crippen LogP contribution in [0.5, 0.6) is 5.75 Å². The summed E-state index contributed by atoms with van der Waals surface area (Å²) in [4.78, 5) is 15.3. The molecule has 0 aliphatic carbocycles. The molecule has 82 valence electrons. The van der Waals surface area contributed by atoms with Crippen molar-refractivity contribution in [2.24, 2.45) is 5.92 Å². The van der Waals surface area contributed by atoms with Crippen molar-refractivity contribution in [1.82, 2.24) is 10.3 Å². The number of carbonyl (C=O) groups excluding carboxylic acids is 1. The number of carbonyl (C=O) groups is 1. The molecule has 1 aromatic rings. The van der Waals surface area contributed by atoms with Gasteiger partial charge in [0.05, 0.1) is 12.2 Å². The van der Waals surface area contributed by atoms with Crippen LogP contribution in [0, 0.1) is 5.92 Å². The van der Waals surface area contributed by atoms with Crippen molar-refractivity contribution in [3.05, 3.63) is 24.0 Å². The summed E-state index contributed by atoms with van der Waals surface area (Å²) in [5.41, 5.74) is 0.795. The molecule has 4 heteroatoms. The Bertz CT molecular complexity index is 350. The summed E-state index contributed by atoms with van der Waals surface area (Å²) < 4.78 is 0. The molecule has 1 unspecified atom stereocenters. The van der Waals surface area contributed by atoms with Crippen LogP contribution in [0.3, 0.4) is 0 Å². The third-order valence-corrected chi connectivity index (χ3v) is 2.13. The zero-order valence-electron chi connectivity index (χ0n) is 9.19. The number of rotatable bonds is 3. The number of hydrogen-bond donors (Lipinski definition) is 2. The largest absolute Gasteiger partial charge is 0.506 e. The Kier molecular flexibility index (Phi) is 3.66. The SMILES string of the molecule is CC(C)C(=O)NC(C)c1cncc(O)c1. The van der Waals surface area contributed by atoms with E-state index in [9.17, 15) is 9.90 Å². The lowest BCUT2D eigenvalue weighted by molar-refractivity contribution is -0.124. The van der Waals surface area contributed by atoms with Crippen LogP contribution in [0.2, 0.25) is 0 Å². The van der Waals surface area contributed by atoms with E-state index in [0.29, 0.717) is 0 Å². The van der Waals surface area contributed by atoms with Crippen LogP contribution in [-0.4, -0.2) is 16.0 Å². The monoisotopic (exact) mass is 208 g/mol. The van der Waals surface area contributed by atoms with Crippen LogP contribution in [0.1, 0.15) is 32.4 Å². The average molecular weight is 208 g/mol. The van der Waals surface area contributed by atoms with Crippen LogP contribution in [-0.2, 0) is 4.79 Å². The molecule has 0 aromatic carbocycles. The molecular weight excluding hydrogens is 192 g/mol. The molecule has 0 saturated heterocycles. The van der Waals surface area contributed by atoms with Crippen LogP contribution in [0.15, 0.2) is 18.5 Å². The summed E-state index contributed by atoms with van der Waals surface area (Å²) >= 11 is 0. The Hall–Kier alpha value is -1.58. The molecule has 0 fully saturated rings. The van der Waals surface area contributed by atoms with Gasteiger partial charge in [-0.2, -0.15) is 0 Å². The highest BCUT2D eigenvalue weighted by Crippen LogP contribution is 2.16. The van der Waals surface area contributed by atoms with Gasteiger partial charge in [0.15, 0.2) is 0 Å². The maximum absolute atomic E-state index is 11.4. The standard InChI is InChI=1S/C11H16N2O2/c1-7(2)11(15)13-8(3)9-4-10(14)6-12-5-9/h4-8,14H,1-3H3,(H,13,15). The number of aromatic hydroxyl groups is 1. The van der Waals surface area contributed by atoms with Crippen molar-refractivity contribution < 1.29 is 9.90 Å². The van der Waals surface area contributed by atoms with E-state index < -0.39 is 0 Å². The molecule has 0 radical (unpaired) electrons. The van der Waals surface area contributed by atoms with E-state index in [1.54, 1.807) is 12.3 Å². The van der Waals surface area contributed by atoms with Gasteiger partial charge in [0, 0.05) is 12.1 Å². The zero-order valence-corrected chi connectivity index (χ0v) is 9.19. The summed E-state index contributed by atoms with van der Waals surface area (Å²) in [5.74, 6) is 0.0571. The molecule has 1 rings (SSSR count). The van der Waals surface area contributed by atoms with Gasteiger partial charge in [-0.25, -0.2) is 0 Å². The topological polar surface area (TPSA) is 62.2 Å². The van der Waals surface area contributed by atoms with Gasteiger partial charge in [-0.3, -0.25) is 9.78 Å². The summed E-state index contributed by atoms with van der Waals surface area (Å²) in [7, 11) is 0. The third kappa shape index (κ3) is 3.23. The number of nitrogens with zero attached hydrogens (tertiary/aromatic N) is 1. The van der Waals surface area contributed by atoms with Crippen molar-refractivity contribution >= 4 is 5.91 Å². The van der Waals surface area contributed by atoms with Crippen LogP contribution in [0.4, 0.5) is 0 Å². The third-order valence-electron chi connectivity index (χ3n) is 2.13. The van der Waals surface area contributed by atoms with Gasteiger partial charge in [0.25, 0.3) is 0 Å². The van der Waals surface area contributed by atoms with Crippen LogP contribution >= 0.6 is 0 Å². The average Bonchev–Trinajstić information content (AvgIpc) is 2.17. The molecule has 15 heavy (non-hydrogen) atoms. The smallest absolute Gasteiger partial charge is 0.223 e. The molecule has 1 heterocycles. The predicted molar refractivity (Wildman–Crippen MR) is 57.3 cm³/mol. The maximum Gasteiger partial charge on any atom is 0.223 e. The molecule has 4 nitrogen and oxygen atoms in total. The van der Waals surface area contributed by atoms with Crippen molar-refractivity contribution in [2.75, 3.05) is 0 Å². The van der Waals surface area contributed by atoms with Gasteiger partial charge in [-0.15, -0.1) is 0 Å². The van der Waals surface area contributed by atoms with Crippen molar-refractivity contribution in [3.8, 4) is 5.75 Å². The first-order valence-electron chi connectivity index (χ1n) is 4.95. The predicted octanol–water partition coefficient (Wildman–Crippen LogP) is 1.62. The second kappa shape index (κ2) is 4.77. The van der Waals surface area contributed by atoms with Gasteiger partial charge in [0.1, 0.15) is 5.75 Å². The molecular formula is C11H16N2O2. The molecule has 1 aromatic heterocycles. The lowest BCUT2D eigenvalue weighted by Gasteiger charge is -2.15. The lowest BCUT2D eigenvalue weighted by atomic mass is 10.1. The Morgan fingerprint density at radius 1 is 1.40 bits per heavy atom. The normalized spacial score (nSPS) is 12.5. The molecule has 0 aliphatic heterocycles. The fourth-order valence-corrected chi connectivity index (χ4v) is 1.15. The quantitative estimate of drug-likeness (QED) is 0.793. The Morgan fingerprint density at radius 2 is 2.07 bits per heavy atom. The van der Waals surface area contributed by atoms with Crippen LogP contribution < -0.4 is 5.32 Å². The Morgan fingerprint density at radius 3 is 2.60 bits per heavy atom. The lowest BCUT2D eigenvalue weighted by Crippen LogP contribution is -2.30. The van der Waals surface area contributed by atoms with E-state index in [1.807, 2.05) is 20.8 Å². The highest BCUT2D eigenvalue weighted by molar-refractivity contribution is 5.78. The molecule has 0 spiro atoms. The number of pyridine rings is 1. The zero-order chi connectivity index (χ0) is 11.4. The number of hydrogen-bond acceptors (Lipinski definition) is 3. The van der Waals surface area contributed by atoms with E-state index in [4.69, 9.17) is 0 Å². The van der Waals surface area contributed by atoms with Crippen molar-refractivity contribution in [1.29, 1.82) is 0 Å². The minimum absolute atomic E-state index is 0.00848. The second-order valence-electron chi connectivity index (χ2n) is 3.86. The van der Waals surface area contributed by atoms with E-state index >= 15 is 0 Å². The molecule has 0 bridgehead atoms. The summed E-state index contributed by atoms with van der Waals surface area (Å²) in [6, 6.07) is 1.46. The summed E-state index contributed by atoms with van der Waals surface area (Å²) in [5, 5.41) is 12.1. The minimum Gasteiger partial charge on any atom is -0.506 e. The maximum atomic E-state index is 11.4. The van der Waals surface area contributed by atoms with Gasteiger partial charge < -0.3 is 10.4 Å². The first kappa shape index (κ1) is 11.5. The molecule has 1 atom stereocenters. The van der Waals surface area contributed by atoms with E-state index in [-0.39, 0.29) is 23.6 Å². The highest BCUT2D eigenvalue weighted by Gasteiger charge is 2.12. The van der Waals surface area contributed by atoms with E-state index in [1.165, 1.54) is 6.20 Å².